The lowest BCUT2D eigenvalue weighted by molar-refractivity contribution is 0.0955. The molecule has 0 spiro atoms. The zero-order valence-corrected chi connectivity index (χ0v) is 16.4. The van der Waals surface area contributed by atoms with E-state index < -0.39 is 0 Å². The smallest absolute Gasteiger partial charge is 0.251 e. The molecule has 0 unspecified atom stereocenters. The molecule has 0 bridgehead atoms. The first-order chi connectivity index (χ1) is 13.1. The Kier molecular flexibility index (Phi) is 6.08. The maximum absolute atomic E-state index is 12.2. The summed E-state index contributed by atoms with van der Waals surface area (Å²) in [6.07, 6.45) is 5.61. The molecule has 0 saturated carbocycles. The van der Waals surface area contributed by atoms with Gasteiger partial charge in [0.2, 0.25) is 0 Å². The van der Waals surface area contributed by atoms with Crippen LogP contribution in [-0.4, -0.2) is 44.8 Å². The van der Waals surface area contributed by atoms with E-state index in [1.807, 2.05) is 61.2 Å². The number of imidazole rings is 1. The molecule has 1 aromatic carbocycles. The molecule has 0 saturated heterocycles. The van der Waals surface area contributed by atoms with E-state index in [1.165, 1.54) is 0 Å². The van der Waals surface area contributed by atoms with E-state index in [2.05, 4.69) is 25.6 Å². The Bertz CT molecular complexity index is 922. The molecule has 0 aliphatic heterocycles. The number of aryl methyl sites for hydroxylation is 2. The third kappa shape index (κ3) is 4.85. The monoisotopic (exact) mass is 382 g/mol. The minimum Gasteiger partial charge on any atom is -0.368 e. The first kappa shape index (κ1) is 18.9. The molecule has 3 rings (SSSR count). The lowest BCUT2D eigenvalue weighted by atomic mass is 10.2. The van der Waals surface area contributed by atoms with Gasteiger partial charge in [-0.15, -0.1) is 11.8 Å². The molecule has 0 aliphatic carbocycles. The number of carbonyl (C=O) groups excluding carboxylic acids is 1. The summed E-state index contributed by atoms with van der Waals surface area (Å²) in [4.78, 5) is 26.4. The van der Waals surface area contributed by atoms with E-state index in [1.54, 1.807) is 18.0 Å². The SMILES string of the molecule is CSc1ccc(C(=O)NCCNc2cc(-n3ccnc3C)nc(C)n2)cc1. The van der Waals surface area contributed by atoms with Gasteiger partial charge in [0.25, 0.3) is 5.91 Å². The van der Waals surface area contributed by atoms with Crippen LogP contribution in [0, 0.1) is 13.8 Å². The predicted octanol–water partition coefficient (Wildman–Crippen LogP) is 2.84. The van der Waals surface area contributed by atoms with Crippen LogP contribution in [0.25, 0.3) is 5.82 Å². The van der Waals surface area contributed by atoms with Gasteiger partial charge in [-0.05, 0) is 44.4 Å². The van der Waals surface area contributed by atoms with Crippen molar-refractivity contribution in [3.05, 3.63) is 59.9 Å². The lowest BCUT2D eigenvalue weighted by Crippen LogP contribution is -2.28. The summed E-state index contributed by atoms with van der Waals surface area (Å²) < 4.78 is 1.90. The number of amides is 1. The zero-order chi connectivity index (χ0) is 19.2. The number of benzene rings is 1. The van der Waals surface area contributed by atoms with Crippen LogP contribution in [0.5, 0.6) is 0 Å². The number of aromatic nitrogens is 4. The Morgan fingerprint density at radius 3 is 2.59 bits per heavy atom. The molecule has 8 heteroatoms. The molecule has 2 heterocycles. The second-order valence-corrected chi connectivity index (χ2v) is 6.79. The molecular formula is C19H22N6OS. The van der Waals surface area contributed by atoms with Crippen molar-refractivity contribution in [2.45, 2.75) is 18.7 Å². The summed E-state index contributed by atoms with van der Waals surface area (Å²) in [7, 11) is 0. The Labute approximate surface area is 162 Å². The number of rotatable bonds is 7. The van der Waals surface area contributed by atoms with Crippen LogP contribution in [0.2, 0.25) is 0 Å². The Hall–Kier alpha value is -2.87. The van der Waals surface area contributed by atoms with Crippen molar-refractivity contribution in [3.8, 4) is 5.82 Å². The molecule has 3 aromatic rings. The fourth-order valence-corrected chi connectivity index (χ4v) is 3.01. The van der Waals surface area contributed by atoms with Gasteiger partial charge in [0, 0.05) is 42.0 Å². The number of nitrogens with zero attached hydrogens (tertiary/aromatic N) is 4. The number of nitrogens with one attached hydrogen (secondary N) is 2. The van der Waals surface area contributed by atoms with Crippen molar-refractivity contribution in [1.82, 2.24) is 24.8 Å². The summed E-state index contributed by atoms with van der Waals surface area (Å²) in [6, 6.07) is 9.43. The van der Waals surface area contributed by atoms with Gasteiger partial charge in [-0.1, -0.05) is 0 Å². The minimum atomic E-state index is -0.0851. The van der Waals surface area contributed by atoms with Crippen LogP contribution in [0.4, 0.5) is 5.82 Å². The summed E-state index contributed by atoms with van der Waals surface area (Å²) in [5.41, 5.74) is 0.656. The van der Waals surface area contributed by atoms with Crippen LogP contribution < -0.4 is 10.6 Å². The van der Waals surface area contributed by atoms with Gasteiger partial charge in [-0.25, -0.2) is 15.0 Å². The highest BCUT2D eigenvalue weighted by Gasteiger charge is 2.07. The number of hydrogen-bond donors (Lipinski definition) is 2. The van der Waals surface area contributed by atoms with Gasteiger partial charge in [0.05, 0.1) is 0 Å². The number of anilines is 1. The summed E-state index contributed by atoms with van der Waals surface area (Å²) in [6.45, 7) is 4.83. The predicted molar refractivity (Wildman–Crippen MR) is 108 cm³/mol. The van der Waals surface area contributed by atoms with Crippen molar-refractivity contribution in [1.29, 1.82) is 0 Å². The maximum Gasteiger partial charge on any atom is 0.251 e. The average Bonchev–Trinajstić information content (AvgIpc) is 3.10. The zero-order valence-electron chi connectivity index (χ0n) is 15.6. The highest BCUT2D eigenvalue weighted by Crippen LogP contribution is 2.15. The molecular weight excluding hydrogens is 360 g/mol. The van der Waals surface area contributed by atoms with Crippen LogP contribution in [0.15, 0.2) is 47.6 Å². The second kappa shape index (κ2) is 8.68. The van der Waals surface area contributed by atoms with E-state index in [0.717, 1.165) is 16.5 Å². The Morgan fingerprint density at radius 2 is 1.93 bits per heavy atom. The summed E-state index contributed by atoms with van der Waals surface area (Å²) >= 11 is 1.65. The van der Waals surface area contributed by atoms with Crippen LogP contribution in [0.1, 0.15) is 22.0 Å². The minimum absolute atomic E-state index is 0.0851. The van der Waals surface area contributed by atoms with Crippen LogP contribution in [-0.2, 0) is 0 Å². The molecule has 2 aromatic heterocycles. The normalized spacial score (nSPS) is 10.6. The topological polar surface area (TPSA) is 84.7 Å². The summed E-state index contributed by atoms with van der Waals surface area (Å²) in [5, 5.41) is 6.14. The van der Waals surface area contributed by atoms with Gasteiger partial charge >= 0.3 is 0 Å². The number of hydrogen-bond acceptors (Lipinski definition) is 6. The summed E-state index contributed by atoms with van der Waals surface area (Å²) in [5.74, 6) is 2.92. The quantitative estimate of drug-likeness (QED) is 0.483. The van der Waals surface area contributed by atoms with Gasteiger partial charge in [-0.3, -0.25) is 9.36 Å². The molecule has 0 aliphatic rings. The van der Waals surface area contributed by atoms with Crippen molar-refractivity contribution in [2.75, 3.05) is 24.7 Å². The van der Waals surface area contributed by atoms with Crippen LogP contribution in [0.3, 0.4) is 0 Å². The maximum atomic E-state index is 12.2. The van der Waals surface area contributed by atoms with E-state index in [4.69, 9.17) is 0 Å². The molecule has 2 N–H and O–H groups in total. The lowest BCUT2D eigenvalue weighted by Gasteiger charge is -2.11. The third-order valence-corrected chi connectivity index (χ3v) is 4.71. The fourth-order valence-electron chi connectivity index (χ4n) is 2.60. The standard InChI is InChI=1S/C19H22N6OS/c1-13-23-17(12-18(24-13)25-11-10-20-14(25)2)21-8-9-22-19(26)15-4-6-16(27-3)7-5-15/h4-7,10-12H,8-9H2,1-3H3,(H,22,26)(H,21,23,24). The largest absolute Gasteiger partial charge is 0.368 e. The second-order valence-electron chi connectivity index (χ2n) is 5.91. The van der Waals surface area contributed by atoms with Crippen molar-refractivity contribution >= 4 is 23.5 Å². The molecule has 0 fully saturated rings. The van der Waals surface area contributed by atoms with Gasteiger partial charge < -0.3 is 10.6 Å². The van der Waals surface area contributed by atoms with E-state index in [-0.39, 0.29) is 5.91 Å². The van der Waals surface area contributed by atoms with E-state index in [0.29, 0.717) is 30.3 Å². The van der Waals surface area contributed by atoms with E-state index in [9.17, 15) is 4.79 Å². The number of thioether (sulfide) groups is 1. The fraction of sp³-hybridized carbons (Fsp3) is 0.263. The van der Waals surface area contributed by atoms with Crippen molar-refractivity contribution in [2.24, 2.45) is 0 Å². The molecule has 27 heavy (non-hydrogen) atoms. The Morgan fingerprint density at radius 1 is 1.15 bits per heavy atom. The van der Waals surface area contributed by atoms with Crippen molar-refractivity contribution < 1.29 is 4.79 Å². The van der Waals surface area contributed by atoms with Gasteiger partial charge in [-0.2, -0.15) is 0 Å². The highest BCUT2D eigenvalue weighted by atomic mass is 32.2. The van der Waals surface area contributed by atoms with Crippen LogP contribution >= 0.6 is 11.8 Å². The van der Waals surface area contributed by atoms with Gasteiger partial charge in [0.15, 0.2) is 0 Å². The highest BCUT2D eigenvalue weighted by molar-refractivity contribution is 7.98. The molecule has 0 radical (unpaired) electrons. The first-order valence-corrected chi connectivity index (χ1v) is 9.81. The van der Waals surface area contributed by atoms with Crippen molar-refractivity contribution in [3.63, 3.8) is 0 Å². The third-order valence-electron chi connectivity index (χ3n) is 3.97. The molecule has 0 atom stereocenters. The molecule has 7 nitrogen and oxygen atoms in total. The average molecular weight is 382 g/mol. The molecule has 1 amide bonds. The van der Waals surface area contributed by atoms with E-state index >= 15 is 0 Å². The van der Waals surface area contributed by atoms with Gasteiger partial charge in [0.1, 0.15) is 23.3 Å². The first-order valence-electron chi connectivity index (χ1n) is 8.59. The molecule has 140 valence electrons. The Balaban J connectivity index is 1.55. The number of carbonyl (C=O) groups is 1.